The van der Waals surface area contributed by atoms with Crippen LogP contribution in [-0.4, -0.2) is 61.2 Å². The molecule has 0 aromatic carbocycles. The summed E-state index contributed by atoms with van der Waals surface area (Å²) in [6.07, 6.45) is 4.19. The SMILES string of the molecule is CC1CCCC1NCC(C)(C)N1CCN(C)CC1. The van der Waals surface area contributed by atoms with E-state index in [0.29, 0.717) is 5.54 Å². The first-order chi connectivity index (χ1) is 8.49. The Morgan fingerprint density at radius 3 is 2.33 bits per heavy atom. The van der Waals surface area contributed by atoms with E-state index in [1.807, 2.05) is 0 Å². The molecule has 0 radical (unpaired) electrons. The van der Waals surface area contributed by atoms with Crippen molar-refractivity contribution in [3.05, 3.63) is 0 Å². The lowest BCUT2D eigenvalue weighted by atomic mass is 9.99. The highest BCUT2D eigenvalue weighted by Gasteiger charge is 2.31. The van der Waals surface area contributed by atoms with Crippen LogP contribution in [0, 0.1) is 5.92 Å². The molecule has 18 heavy (non-hydrogen) atoms. The molecule has 3 heteroatoms. The predicted molar refractivity (Wildman–Crippen MR) is 78.0 cm³/mol. The van der Waals surface area contributed by atoms with Crippen LogP contribution in [0.1, 0.15) is 40.0 Å². The van der Waals surface area contributed by atoms with Crippen molar-refractivity contribution < 1.29 is 0 Å². The minimum atomic E-state index is 0.295. The monoisotopic (exact) mass is 253 g/mol. The molecule has 0 spiro atoms. The second-order valence-corrected chi connectivity index (χ2v) is 7.00. The molecule has 2 fully saturated rings. The van der Waals surface area contributed by atoms with E-state index >= 15 is 0 Å². The Labute approximate surface area is 113 Å². The average molecular weight is 253 g/mol. The largest absolute Gasteiger partial charge is 0.312 e. The van der Waals surface area contributed by atoms with Crippen LogP contribution in [0.25, 0.3) is 0 Å². The zero-order valence-corrected chi connectivity index (χ0v) is 12.7. The number of hydrogen-bond donors (Lipinski definition) is 1. The first-order valence-electron chi connectivity index (χ1n) is 7.66. The number of likely N-dealkylation sites (N-methyl/N-ethyl adjacent to an activating group) is 1. The maximum absolute atomic E-state index is 3.82. The summed E-state index contributed by atoms with van der Waals surface area (Å²) in [5, 5.41) is 3.82. The number of nitrogens with one attached hydrogen (secondary N) is 1. The second kappa shape index (κ2) is 5.89. The van der Waals surface area contributed by atoms with Crippen LogP contribution in [0.2, 0.25) is 0 Å². The zero-order chi connectivity index (χ0) is 13.2. The van der Waals surface area contributed by atoms with Gasteiger partial charge in [-0.2, -0.15) is 0 Å². The molecule has 0 bridgehead atoms. The van der Waals surface area contributed by atoms with Crippen LogP contribution < -0.4 is 5.32 Å². The Morgan fingerprint density at radius 2 is 1.78 bits per heavy atom. The fourth-order valence-corrected chi connectivity index (χ4v) is 3.35. The Hall–Kier alpha value is -0.120. The molecule has 1 saturated heterocycles. The van der Waals surface area contributed by atoms with Gasteiger partial charge in [0.25, 0.3) is 0 Å². The molecule has 0 aromatic rings. The van der Waals surface area contributed by atoms with Crippen molar-refractivity contribution in [1.82, 2.24) is 15.1 Å². The Balaban J connectivity index is 1.79. The minimum Gasteiger partial charge on any atom is -0.312 e. The lowest BCUT2D eigenvalue weighted by Crippen LogP contribution is -2.58. The van der Waals surface area contributed by atoms with Crippen LogP contribution in [0.5, 0.6) is 0 Å². The van der Waals surface area contributed by atoms with E-state index in [-0.39, 0.29) is 0 Å². The van der Waals surface area contributed by atoms with Crippen molar-refractivity contribution in [1.29, 1.82) is 0 Å². The van der Waals surface area contributed by atoms with Crippen molar-refractivity contribution in [2.75, 3.05) is 39.8 Å². The molecule has 1 aliphatic carbocycles. The molecule has 1 heterocycles. The summed E-state index contributed by atoms with van der Waals surface area (Å²) in [5.41, 5.74) is 0.295. The predicted octanol–water partition coefficient (Wildman–Crippen LogP) is 1.79. The fourth-order valence-electron chi connectivity index (χ4n) is 3.35. The molecular formula is C15H31N3. The maximum atomic E-state index is 3.82. The molecule has 2 atom stereocenters. The highest BCUT2D eigenvalue weighted by molar-refractivity contribution is 4.90. The average Bonchev–Trinajstić information content (AvgIpc) is 2.73. The quantitative estimate of drug-likeness (QED) is 0.824. The molecular weight excluding hydrogens is 222 g/mol. The Bertz CT molecular complexity index is 256. The van der Waals surface area contributed by atoms with Gasteiger partial charge in [-0.15, -0.1) is 0 Å². The van der Waals surface area contributed by atoms with Gasteiger partial charge in [-0.25, -0.2) is 0 Å². The van der Waals surface area contributed by atoms with E-state index in [2.05, 4.69) is 42.9 Å². The molecule has 1 aliphatic heterocycles. The number of hydrogen-bond acceptors (Lipinski definition) is 3. The van der Waals surface area contributed by atoms with E-state index in [1.54, 1.807) is 0 Å². The van der Waals surface area contributed by atoms with Gasteiger partial charge in [-0.3, -0.25) is 4.90 Å². The van der Waals surface area contributed by atoms with Gasteiger partial charge < -0.3 is 10.2 Å². The van der Waals surface area contributed by atoms with Crippen molar-refractivity contribution in [3.8, 4) is 0 Å². The normalized spacial score (nSPS) is 32.0. The van der Waals surface area contributed by atoms with E-state index in [1.165, 1.54) is 45.4 Å². The van der Waals surface area contributed by atoms with Gasteiger partial charge in [-0.1, -0.05) is 13.3 Å². The maximum Gasteiger partial charge on any atom is 0.0278 e. The van der Waals surface area contributed by atoms with Crippen molar-refractivity contribution in [3.63, 3.8) is 0 Å². The van der Waals surface area contributed by atoms with Gasteiger partial charge in [-0.05, 0) is 39.7 Å². The number of rotatable bonds is 4. The van der Waals surface area contributed by atoms with Gasteiger partial charge in [0, 0.05) is 44.3 Å². The van der Waals surface area contributed by atoms with Crippen LogP contribution in [0.3, 0.4) is 0 Å². The molecule has 0 aromatic heterocycles. The summed E-state index contributed by atoms with van der Waals surface area (Å²) in [6.45, 7) is 13.2. The van der Waals surface area contributed by atoms with Crippen LogP contribution in [0.15, 0.2) is 0 Å². The first kappa shape index (κ1) is 14.3. The van der Waals surface area contributed by atoms with Gasteiger partial charge in [0.15, 0.2) is 0 Å². The van der Waals surface area contributed by atoms with Crippen molar-refractivity contribution in [2.24, 2.45) is 5.92 Å². The molecule has 2 rings (SSSR count). The van der Waals surface area contributed by atoms with Gasteiger partial charge in [0.05, 0.1) is 0 Å². The third kappa shape index (κ3) is 3.46. The molecule has 106 valence electrons. The summed E-state index contributed by atoms with van der Waals surface area (Å²) in [5.74, 6) is 0.869. The summed E-state index contributed by atoms with van der Waals surface area (Å²) in [6, 6.07) is 0.761. The molecule has 3 nitrogen and oxygen atoms in total. The lowest BCUT2D eigenvalue weighted by Gasteiger charge is -2.44. The second-order valence-electron chi connectivity index (χ2n) is 7.00. The lowest BCUT2D eigenvalue weighted by molar-refractivity contribution is 0.0594. The van der Waals surface area contributed by atoms with Gasteiger partial charge in [0.2, 0.25) is 0 Å². The van der Waals surface area contributed by atoms with Crippen LogP contribution >= 0.6 is 0 Å². The Kier molecular flexibility index (Phi) is 4.68. The topological polar surface area (TPSA) is 18.5 Å². The van der Waals surface area contributed by atoms with E-state index in [4.69, 9.17) is 0 Å². The molecule has 2 aliphatic rings. The van der Waals surface area contributed by atoms with Crippen LogP contribution in [0.4, 0.5) is 0 Å². The van der Waals surface area contributed by atoms with Crippen molar-refractivity contribution >= 4 is 0 Å². The summed E-state index contributed by atoms with van der Waals surface area (Å²) >= 11 is 0. The third-order valence-electron chi connectivity index (χ3n) is 5.02. The van der Waals surface area contributed by atoms with E-state index < -0.39 is 0 Å². The zero-order valence-electron chi connectivity index (χ0n) is 12.7. The van der Waals surface area contributed by atoms with Crippen LogP contribution in [-0.2, 0) is 0 Å². The molecule has 1 N–H and O–H groups in total. The molecule has 1 saturated carbocycles. The summed E-state index contributed by atoms with van der Waals surface area (Å²) in [4.78, 5) is 5.08. The highest BCUT2D eigenvalue weighted by atomic mass is 15.3. The number of nitrogens with zero attached hydrogens (tertiary/aromatic N) is 2. The minimum absolute atomic E-state index is 0.295. The third-order valence-corrected chi connectivity index (χ3v) is 5.02. The van der Waals surface area contributed by atoms with E-state index in [0.717, 1.165) is 18.5 Å². The van der Waals surface area contributed by atoms with E-state index in [9.17, 15) is 0 Å². The van der Waals surface area contributed by atoms with Gasteiger partial charge in [0.1, 0.15) is 0 Å². The highest BCUT2D eigenvalue weighted by Crippen LogP contribution is 2.25. The smallest absolute Gasteiger partial charge is 0.0278 e. The number of piperazine rings is 1. The first-order valence-corrected chi connectivity index (χ1v) is 7.66. The summed E-state index contributed by atoms with van der Waals surface area (Å²) < 4.78 is 0. The Morgan fingerprint density at radius 1 is 1.11 bits per heavy atom. The van der Waals surface area contributed by atoms with Gasteiger partial charge >= 0.3 is 0 Å². The molecule has 2 unspecified atom stereocenters. The standard InChI is InChI=1S/C15H31N3/c1-13-6-5-7-14(13)16-12-15(2,3)18-10-8-17(4)9-11-18/h13-14,16H,5-12H2,1-4H3. The fraction of sp³-hybridized carbons (Fsp3) is 1.00. The molecule has 0 amide bonds. The summed E-state index contributed by atoms with van der Waals surface area (Å²) in [7, 11) is 2.22. The van der Waals surface area contributed by atoms with Crippen molar-refractivity contribution in [2.45, 2.75) is 51.6 Å².